The number of likely N-dealkylation sites (N-methyl/N-ethyl adjacent to an activating group) is 1. The van der Waals surface area contributed by atoms with Gasteiger partial charge in [0.15, 0.2) is 5.65 Å². The molecule has 1 aliphatic heterocycles. The molecule has 30 heavy (non-hydrogen) atoms. The second kappa shape index (κ2) is 6.71. The second-order valence-electron chi connectivity index (χ2n) is 8.29. The normalized spacial score (nSPS) is 15.5. The Bertz CT molecular complexity index is 1120. The number of fused-ring (bicyclic) bond motifs is 3. The van der Waals surface area contributed by atoms with Gasteiger partial charge in [0.25, 0.3) is 0 Å². The van der Waals surface area contributed by atoms with Crippen LogP contribution in [0.25, 0.3) is 16.6 Å². The van der Waals surface area contributed by atoms with Crippen molar-refractivity contribution in [3.05, 3.63) is 30.1 Å². The Morgan fingerprint density at radius 3 is 2.57 bits per heavy atom. The lowest BCUT2D eigenvalue weighted by molar-refractivity contribution is -0.137. The van der Waals surface area contributed by atoms with E-state index in [4.69, 9.17) is 4.74 Å². The van der Waals surface area contributed by atoms with Crippen molar-refractivity contribution in [2.45, 2.75) is 38.6 Å². The molecular weight excluding hydrogens is 401 g/mol. The summed E-state index contributed by atoms with van der Waals surface area (Å²) in [4.78, 5) is 24.3. The van der Waals surface area contributed by atoms with Crippen LogP contribution in [0.1, 0.15) is 26.3 Å². The van der Waals surface area contributed by atoms with Crippen molar-refractivity contribution in [1.29, 1.82) is 0 Å². The molecule has 1 amide bonds. The summed E-state index contributed by atoms with van der Waals surface area (Å²) < 4.78 is 46.1. The molecule has 0 radical (unpaired) electrons. The average molecular weight is 422 g/mol. The minimum Gasteiger partial charge on any atom is -0.444 e. The number of nitrogens with zero attached hydrogens (tertiary/aromatic N) is 6. The Hall–Kier alpha value is -3.11. The van der Waals surface area contributed by atoms with E-state index in [-0.39, 0.29) is 11.4 Å². The number of carbonyl (C=O) groups excluding carboxylic acids is 1. The van der Waals surface area contributed by atoms with Crippen LogP contribution in [0, 0.1) is 0 Å². The number of halogens is 3. The summed E-state index contributed by atoms with van der Waals surface area (Å²) in [7, 11) is 1.67. The first-order valence-electron chi connectivity index (χ1n) is 9.35. The number of ether oxygens (including phenoxy) is 1. The van der Waals surface area contributed by atoms with Crippen LogP contribution in [0.3, 0.4) is 0 Å². The van der Waals surface area contributed by atoms with Gasteiger partial charge in [-0.15, -0.1) is 0 Å². The quantitative estimate of drug-likeness (QED) is 0.631. The van der Waals surface area contributed by atoms with E-state index in [1.54, 1.807) is 27.8 Å². The van der Waals surface area contributed by atoms with Crippen LogP contribution < -0.4 is 4.90 Å². The van der Waals surface area contributed by atoms with Crippen molar-refractivity contribution < 1.29 is 22.7 Å². The molecule has 0 aliphatic carbocycles. The molecule has 160 valence electrons. The first-order chi connectivity index (χ1) is 13.9. The zero-order valence-corrected chi connectivity index (χ0v) is 16.9. The Morgan fingerprint density at radius 1 is 1.23 bits per heavy atom. The third-order valence-electron chi connectivity index (χ3n) is 4.90. The summed E-state index contributed by atoms with van der Waals surface area (Å²) in [6, 6.07) is 3.29. The highest BCUT2D eigenvalue weighted by molar-refractivity contribution is 5.93. The summed E-state index contributed by atoms with van der Waals surface area (Å²) >= 11 is 0. The largest absolute Gasteiger partial charge is 0.444 e. The molecule has 4 rings (SSSR count). The fourth-order valence-electron chi connectivity index (χ4n) is 3.27. The summed E-state index contributed by atoms with van der Waals surface area (Å²) in [6.07, 6.45) is -3.59. The van der Waals surface area contributed by atoms with Crippen LogP contribution in [-0.2, 0) is 10.9 Å². The topological polar surface area (TPSA) is 75.9 Å². The lowest BCUT2D eigenvalue weighted by atomic mass is 10.1. The molecule has 1 aromatic carbocycles. The summed E-state index contributed by atoms with van der Waals surface area (Å²) in [6.45, 7) is 6.39. The molecule has 0 spiro atoms. The van der Waals surface area contributed by atoms with Crippen molar-refractivity contribution >= 4 is 28.6 Å². The van der Waals surface area contributed by atoms with E-state index < -0.39 is 23.4 Å². The van der Waals surface area contributed by atoms with Crippen molar-refractivity contribution in [2.24, 2.45) is 0 Å². The van der Waals surface area contributed by atoms with Gasteiger partial charge in [-0.05, 0) is 39.0 Å². The molecule has 0 unspecified atom stereocenters. The first kappa shape index (κ1) is 20.2. The van der Waals surface area contributed by atoms with Crippen molar-refractivity contribution in [2.75, 3.05) is 25.0 Å². The van der Waals surface area contributed by atoms with Crippen LogP contribution in [-0.4, -0.2) is 62.4 Å². The maximum atomic E-state index is 13.1. The van der Waals surface area contributed by atoms with Crippen LogP contribution in [0.5, 0.6) is 0 Å². The molecule has 1 aliphatic rings. The lowest BCUT2D eigenvalue weighted by Gasteiger charge is -2.44. The van der Waals surface area contributed by atoms with Crippen LogP contribution >= 0.6 is 0 Å². The van der Waals surface area contributed by atoms with E-state index in [1.807, 2.05) is 4.90 Å². The van der Waals surface area contributed by atoms with Crippen LogP contribution in [0.15, 0.2) is 24.5 Å². The fraction of sp³-hybridized carbons (Fsp3) is 0.474. The molecule has 1 saturated heterocycles. The predicted molar refractivity (Wildman–Crippen MR) is 103 cm³/mol. The zero-order chi connectivity index (χ0) is 21.8. The molecule has 8 nitrogen and oxygen atoms in total. The van der Waals surface area contributed by atoms with Gasteiger partial charge in [-0.1, -0.05) is 0 Å². The maximum Gasteiger partial charge on any atom is 0.416 e. The van der Waals surface area contributed by atoms with Gasteiger partial charge in [0.2, 0.25) is 5.95 Å². The fourth-order valence-corrected chi connectivity index (χ4v) is 3.27. The molecular formula is C19H21F3N6O2. The monoisotopic (exact) mass is 422 g/mol. The first-order valence-corrected chi connectivity index (χ1v) is 9.35. The van der Waals surface area contributed by atoms with E-state index in [1.165, 1.54) is 21.8 Å². The number of anilines is 1. The van der Waals surface area contributed by atoms with Gasteiger partial charge in [-0.3, -0.25) is 0 Å². The van der Waals surface area contributed by atoms with E-state index in [2.05, 4.69) is 15.1 Å². The van der Waals surface area contributed by atoms with E-state index >= 15 is 0 Å². The lowest BCUT2D eigenvalue weighted by Crippen LogP contribution is -2.61. The third kappa shape index (κ3) is 3.59. The van der Waals surface area contributed by atoms with Gasteiger partial charge >= 0.3 is 12.3 Å². The average Bonchev–Trinajstić information content (AvgIpc) is 3.07. The highest BCUT2D eigenvalue weighted by Crippen LogP contribution is 2.33. The van der Waals surface area contributed by atoms with Gasteiger partial charge in [0, 0.05) is 25.5 Å². The molecule has 3 heterocycles. The molecule has 0 bridgehead atoms. The van der Waals surface area contributed by atoms with Gasteiger partial charge in [0.05, 0.1) is 17.1 Å². The Morgan fingerprint density at radius 2 is 1.93 bits per heavy atom. The SMILES string of the molecule is CN(C(=O)OC(C)(C)C)C1CN(c2nc3ccc(C(F)(F)F)cc3c3ncnn23)C1. The van der Waals surface area contributed by atoms with E-state index in [9.17, 15) is 18.0 Å². The van der Waals surface area contributed by atoms with E-state index in [0.717, 1.165) is 12.1 Å². The smallest absolute Gasteiger partial charge is 0.416 e. The summed E-state index contributed by atoms with van der Waals surface area (Å²) in [5.41, 5.74) is -0.665. The molecule has 0 N–H and O–H groups in total. The highest BCUT2D eigenvalue weighted by Gasteiger charge is 2.37. The highest BCUT2D eigenvalue weighted by atomic mass is 19.4. The number of alkyl halides is 3. The minimum absolute atomic E-state index is 0.0801. The van der Waals surface area contributed by atoms with Gasteiger partial charge in [-0.2, -0.15) is 22.8 Å². The number of carbonyl (C=O) groups is 1. The van der Waals surface area contributed by atoms with E-state index in [0.29, 0.717) is 30.2 Å². The molecule has 11 heteroatoms. The number of hydrogen-bond donors (Lipinski definition) is 0. The Kier molecular flexibility index (Phi) is 4.51. The number of rotatable bonds is 2. The summed E-state index contributed by atoms with van der Waals surface area (Å²) in [5.74, 6) is 0.462. The summed E-state index contributed by atoms with van der Waals surface area (Å²) in [5, 5.41) is 4.40. The van der Waals surface area contributed by atoms with Gasteiger partial charge < -0.3 is 14.5 Å². The van der Waals surface area contributed by atoms with Crippen molar-refractivity contribution in [1.82, 2.24) is 24.5 Å². The number of hydrogen-bond acceptors (Lipinski definition) is 6. The van der Waals surface area contributed by atoms with Crippen LogP contribution in [0.4, 0.5) is 23.9 Å². The van der Waals surface area contributed by atoms with Crippen molar-refractivity contribution in [3.8, 4) is 0 Å². The molecule has 1 fully saturated rings. The number of amides is 1. The third-order valence-corrected chi connectivity index (χ3v) is 4.90. The van der Waals surface area contributed by atoms with Gasteiger partial charge in [0.1, 0.15) is 11.9 Å². The molecule has 3 aromatic rings. The zero-order valence-electron chi connectivity index (χ0n) is 16.9. The maximum absolute atomic E-state index is 13.1. The minimum atomic E-state index is -4.46. The number of aromatic nitrogens is 4. The Balaban J connectivity index is 1.60. The number of benzene rings is 1. The second-order valence-corrected chi connectivity index (χ2v) is 8.29. The Labute approximate surface area is 170 Å². The standard InChI is InChI=1S/C19H21F3N6O2/c1-18(2,3)30-17(29)26(4)12-8-27(9-12)16-25-14-6-5-11(19(20,21)22)7-13(14)15-23-10-24-28(15)16/h5-7,10,12H,8-9H2,1-4H3. The molecule has 0 saturated carbocycles. The van der Waals surface area contributed by atoms with Gasteiger partial charge in [-0.25, -0.2) is 14.8 Å². The predicted octanol–water partition coefficient (Wildman–Crippen LogP) is 3.35. The molecule has 0 atom stereocenters. The molecule has 2 aromatic heterocycles. The van der Waals surface area contributed by atoms with Crippen molar-refractivity contribution in [3.63, 3.8) is 0 Å². The van der Waals surface area contributed by atoms with Crippen LogP contribution in [0.2, 0.25) is 0 Å².